The second kappa shape index (κ2) is 6.28. The number of anilines is 2. The van der Waals surface area contributed by atoms with E-state index >= 15 is 0 Å². The molecule has 0 atom stereocenters. The van der Waals surface area contributed by atoms with Gasteiger partial charge in [0.1, 0.15) is 5.82 Å². The zero-order valence-electron chi connectivity index (χ0n) is 12.3. The average molecular weight is 338 g/mol. The van der Waals surface area contributed by atoms with Crippen molar-refractivity contribution in [2.75, 3.05) is 43.9 Å². The van der Waals surface area contributed by atoms with E-state index in [4.69, 9.17) is 28.9 Å². The Bertz CT molecular complexity index is 684. The maximum Gasteiger partial charge on any atom is 0.221 e. The van der Waals surface area contributed by atoms with Crippen LogP contribution in [0.25, 0.3) is 11.1 Å². The average Bonchev–Trinajstić information content (AvgIpc) is 2.51. The molecule has 1 fully saturated rings. The molecule has 7 heteroatoms. The van der Waals surface area contributed by atoms with Crippen molar-refractivity contribution in [2.24, 2.45) is 0 Å². The highest BCUT2D eigenvalue weighted by Gasteiger charge is 2.21. The maximum atomic E-state index is 6.36. The summed E-state index contributed by atoms with van der Waals surface area (Å²) < 4.78 is 0. The highest BCUT2D eigenvalue weighted by atomic mass is 35.5. The van der Waals surface area contributed by atoms with Gasteiger partial charge in [0.25, 0.3) is 0 Å². The van der Waals surface area contributed by atoms with Crippen LogP contribution >= 0.6 is 23.2 Å². The fraction of sp³-hybridized carbons (Fsp3) is 0.333. The first-order valence-electron chi connectivity index (χ1n) is 7.06. The monoisotopic (exact) mass is 337 g/mol. The van der Waals surface area contributed by atoms with Gasteiger partial charge in [0, 0.05) is 43.5 Å². The van der Waals surface area contributed by atoms with Gasteiger partial charge in [-0.2, -0.15) is 4.98 Å². The van der Waals surface area contributed by atoms with Gasteiger partial charge in [-0.1, -0.05) is 35.3 Å². The Hall–Kier alpha value is -1.56. The summed E-state index contributed by atoms with van der Waals surface area (Å²) in [7, 11) is 2.11. The SMILES string of the molecule is CN1CCN(c2nc(N)ncc2-c2cccc(Cl)c2Cl)CC1. The van der Waals surface area contributed by atoms with Gasteiger partial charge in [-0.25, -0.2) is 4.98 Å². The molecular formula is C15H17Cl2N5. The zero-order chi connectivity index (χ0) is 15.7. The molecule has 1 aliphatic rings. The molecular weight excluding hydrogens is 321 g/mol. The Kier molecular flexibility index (Phi) is 4.38. The summed E-state index contributed by atoms with van der Waals surface area (Å²) in [6, 6.07) is 5.55. The Balaban J connectivity index is 2.06. The summed E-state index contributed by atoms with van der Waals surface area (Å²) in [6.07, 6.45) is 1.72. The molecule has 2 aromatic rings. The number of likely N-dealkylation sites (N-methyl/N-ethyl adjacent to an activating group) is 1. The summed E-state index contributed by atoms with van der Waals surface area (Å²) in [5.41, 5.74) is 7.46. The number of hydrogen-bond donors (Lipinski definition) is 1. The van der Waals surface area contributed by atoms with E-state index in [0.29, 0.717) is 10.0 Å². The number of nitrogens with zero attached hydrogens (tertiary/aromatic N) is 4. The third kappa shape index (κ3) is 2.97. The van der Waals surface area contributed by atoms with Crippen LogP contribution in [0.3, 0.4) is 0 Å². The molecule has 1 aromatic carbocycles. The number of nitrogens with two attached hydrogens (primary N) is 1. The number of aromatic nitrogens is 2. The zero-order valence-corrected chi connectivity index (χ0v) is 13.8. The molecule has 0 saturated carbocycles. The van der Waals surface area contributed by atoms with Crippen molar-refractivity contribution >= 4 is 35.0 Å². The first kappa shape index (κ1) is 15.3. The molecule has 0 unspecified atom stereocenters. The van der Waals surface area contributed by atoms with Crippen LogP contribution < -0.4 is 10.6 Å². The van der Waals surface area contributed by atoms with Gasteiger partial charge in [-0.15, -0.1) is 0 Å². The minimum atomic E-state index is 0.260. The van der Waals surface area contributed by atoms with Crippen molar-refractivity contribution in [1.82, 2.24) is 14.9 Å². The van der Waals surface area contributed by atoms with E-state index in [-0.39, 0.29) is 5.95 Å². The predicted octanol–water partition coefficient (Wildman–Crippen LogP) is 2.78. The minimum Gasteiger partial charge on any atom is -0.368 e. The Morgan fingerprint density at radius 2 is 1.82 bits per heavy atom. The summed E-state index contributed by atoms with van der Waals surface area (Å²) in [4.78, 5) is 13.1. The van der Waals surface area contributed by atoms with Gasteiger partial charge >= 0.3 is 0 Å². The normalized spacial score (nSPS) is 16.0. The molecule has 22 heavy (non-hydrogen) atoms. The maximum absolute atomic E-state index is 6.36. The quantitative estimate of drug-likeness (QED) is 0.912. The van der Waals surface area contributed by atoms with Crippen molar-refractivity contribution in [2.45, 2.75) is 0 Å². The molecule has 0 amide bonds. The van der Waals surface area contributed by atoms with Gasteiger partial charge in [0.15, 0.2) is 0 Å². The lowest BCUT2D eigenvalue weighted by Crippen LogP contribution is -2.45. The molecule has 0 aliphatic carbocycles. The number of benzene rings is 1. The number of hydrogen-bond acceptors (Lipinski definition) is 5. The highest BCUT2D eigenvalue weighted by molar-refractivity contribution is 6.43. The van der Waals surface area contributed by atoms with Crippen LogP contribution in [0.2, 0.25) is 10.0 Å². The molecule has 0 bridgehead atoms. The van der Waals surface area contributed by atoms with E-state index in [9.17, 15) is 0 Å². The molecule has 3 rings (SSSR count). The molecule has 1 aromatic heterocycles. The smallest absolute Gasteiger partial charge is 0.221 e. The van der Waals surface area contributed by atoms with E-state index in [2.05, 4.69) is 26.8 Å². The van der Waals surface area contributed by atoms with Crippen molar-refractivity contribution in [3.8, 4) is 11.1 Å². The van der Waals surface area contributed by atoms with Gasteiger partial charge in [0.05, 0.1) is 10.0 Å². The lowest BCUT2D eigenvalue weighted by Gasteiger charge is -2.34. The van der Waals surface area contributed by atoms with Gasteiger partial charge < -0.3 is 15.5 Å². The molecule has 0 radical (unpaired) electrons. The lowest BCUT2D eigenvalue weighted by atomic mass is 10.1. The van der Waals surface area contributed by atoms with Crippen LogP contribution in [-0.2, 0) is 0 Å². The molecule has 1 aliphatic heterocycles. The molecule has 5 nitrogen and oxygen atoms in total. The van der Waals surface area contributed by atoms with Crippen LogP contribution in [0.4, 0.5) is 11.8 Å². The van der Waals surface area contributed by atoms with E-state index in [1.165, 1.54) is 0 Å². The van der Waals surface area contributed by atoms with Crippen molar-refractivity contribution in [3.63, 3.8) is 0 Å². The Morgan fingerprint density at radius 3 is 2.55 bits per heavy atom. The molecule has 1 saturated heterocycles. The van der Waals surface area contributed by atoms with E-state index in [1.54, 1.807) is 12.3 Å². The molecule has 116 valence electrons. The summed E-state index contributed by atoms with van der Waals surface area (Å²) in [6.45, 7) is 3.73. The van der Waals surface area contributed by atoms with Crippen molar-refractivity contribution in [3.05, 3.63) is 34.4 Å². The van der Waals surface area contributed by atoms with Crippen molar-refractivity contribution in [1.29, 1.82) is 0 Å². The van der Waals surface area contributed by atoms with Crippen LogP contribution in [-0.4, -0.2) is 48.1 Å². The first-order chi connectivity index (χ1) is 10.6. The second-order valence-electron chi connectivity index (χ2n) is 5.36. The van der Waals surface area contributed by atoms with Crippen LogP contribution in [0.15, 0.2) is 24.4 Å². The summed E-state index contributed by atoms with van der Waals surface area (Å²) >= 11 is 12.5. The van der Waals surface area contributed by atoms with E-state index in [0.717, 1.165) is 43.1 Å². The van der Waals surface area contributed by atoms with Gasteiger partial charge in [0.2, 0.25) is 5.95 Å². The van der Waals surface area contributed by atoms with Crippen LogP contribution in [0.1, 0.15) is 0 Å². The molecule has 2 N–H and O–H groups in total. The van der Waals surface area contributed by atoms with Gasteiger partial charge in [-0.05, 0) is 13.1 Å². The third-order valence-electron chi connectivity index (χ3n) is 3.83. The van der Waals surface area contributed by atoms with E-state index in [1.807, 2.05) is 12.1 Å². The fourth-order valence-corrected chi connectivity index (χ4v) is 2.95. The van der Waals surface area contributed by atoms with Crippen LogP contribution in [0.5, 0.6) is 0 Å². The number of halogens is 2. The number of rotatable bonds is 2. The predicted molar refractivity (Wildman–Crippen MR) is 91.6 cm³/mol. The topological polar surface area (TPSA) is 58.3 Å². The third-order valence-corrected chi connectivity index (χ3v) is 4.65. The highest BCUT2D eigenvalue weighted by Crippen LogP contribution is 2.37. The Labute approximate surface area is 139 Å². The summed E-state index contributed by atoms with van der Waals surface area (Å²) in [5, 5.41) is 1.02. The first-order valence-corrected chi connectivity index (χ1v) is 7.82. The minimum absolute atomic E-state index is 0.260. The standard InChI is InChI=1S/C15H17Cl2N5/c1-21-5-7-22(8-6-21)14-11(9-19-15(18)20-14)10-3-2-4-12(16)13(10)17/h2-4,9H,5-8H2,1H3,(H2,18,19,20). The Morgan fingerprint density at radius 1 is 1.09 bits per heavy atom. The summed E-state index contributed by atoms with van der Waals surface area (Å²) in [5.74, 6) is 1.07. The molecule has 2 heterocycles. The lowest BCUT2D eigenvalue weighted by molar-refractivity contribution is 0.312. The van der Waals surface area contributed by atoms with Crippen molar-refractivity contribution < 1.29 is 0 Å². The second-order valence-corrected chi connectivity index (χ2v) is 6.14. The van der Waals surface area contributed by atoms with Crippen LogP contribution in [0, 0.1) is 0 Å². The number of piperazine rings is 1. The fourth-order valence-electron chi connectivity index (χ4n) is 2.55. The van der Waals surface area contributed by atoms with E-state index < -0.39 is 0 Å². The number of nitrogen functional groups attached to an aromatic ring is 1. The van der Waals surface area contributed by atoms with Gasteiger partial charge in [-0.3, -0.25) is 0 Å². The molecule has 0 spiro atoms. The largest absolute Gasteiger partial charge is 0.368 e.